The fourth-order valence-corrected chi connectivity index (χ4v) is 5.87. The first-order chi connectivity index (χ1) is 13.3. The number of hydrogen-bond donors (Lipinski definition) is 2. The Morgan fingerprint density at radius 2 is 1.64 bits per heavy atom. The van der Waals surface area contributed by atoms with Crippen LogP contribution >= 0.6 is 23.2 Å². The van der Waals surface area contributed by atoms with Crippen molar-refractivity contribution in [3.05, 3.63) is 63.6 Å². The van der Waals surface area contributed by atoms with Gasteiger partial charge < -0.3 is 5.11 Å². The van der Waals surface area contributed by atoms with Crippen molar-refractivity contribution < 1.29 is 13.5 Å². The summed E-state index contributed by atoms with van der Waals surface area (Å²) in [5, 5.41) is 9.58. The third kappa shape index (κ3) is 5.28. The van der Waals surface area contributed by atoms with Gasteiger partial charge in [0.1, 0.15) is 4.90 Å². The van der Waals surface area contributed by atoms with Crippen molar-refractivity contribution in [2.45, 2.75) is 43.4 Å². The van der Waals surface area contributed by atoms with Gasteiger partial charge >= 0.3 is 0 Å². The van der Waals surface area contributed by atoms with Crippen LogP contribution in [0.25, 0.3) is 0 Å². The van der Waals surface area contributed by atoms with Crippen LogP contribution in [0.5, 0.6) is 0 Å². The van der Waals surface area contributed by atoms with E-state index >= 15 is 0 Å². The Labute approximate surface area is 176 Å². The lowest BCUT2D eigenvalue weighted by atomic mass is 9.80. The van der Waals surface area contributed by atoms with Crippen molar-refractivity contribution >= 4 is 33.2 Å². The topological polar surface area (TPSA) is 66.4 Å². The van der Waals surface area contributed by atoms with Crippen molar-refractivity contribution in [1.29, 1.82) is 0 Å². The fraction of sp³-hybridized carbons (Fsp3) is 0.429. The molecule has 1 fully saturated rings. The summed E-state index contributed by atoms with van der Waals surface area (Å²) >= 11 is 12.0. The van der Waals surface area contributed by atoms with Gasteiger partial charge in [0.25, 0.3) is 0 Å². The van der Waals surface area contributed by atoms with Crippen molar-refractivity contribution in [3.63, 3.8) is 0 Å². The van der Waals surface area contributed by atoms with Gasteiger partial charge in [-0.2, -0.15) is 0 Å². The molecule has 0 atom stereocenters. The Morgan fingerprint density at radius 3 is 2.25 bits per heavy atom. The quantitative estimate of drug-likeness (QED) is 0.628. The summed E-state index contributed by atoms with van der Waals surface area (Å²) in [6, 6.07) is 12.6. The predicted molar refractivity (Wildman–Crippen MR) is 113 cm³/mol. The molecule has 2 aromatic carbocycles. The highest BCUT2D eigenvalue weighted by molar-refractivity contribution is 7.89. The van der Waals surface area contributed by atoms with Gasteiger partial charge in [0, 0.05) is 18.2 Å². The molecule has 3 rings (SSSR count). The van der Waals surface area contributed by atoms with Gasteiger partial charge in [-0.15, -0.1) is 0 Å². The molecule has 4 nitrogen and oxygen atoms in total. The Morgan fingerprint density at radius 1 is 1.00 bits per heavy atom. The maximum Gasteiger partial charge on any atom is 0.242 e. The lowest BCUT2D eigenvalue weighted by Crippen LogP contribution is -2.37. The third-order valence-corrected chi connectivity index (χ3v) is 7.61. The molecule has 28 heavy (non-hydrogen) atoms. The molecular weight excluding hydrogens is 417 g/mol. The average Bonchev–Trinajstić information content (AvgIpc) is 3.11. The van der Waals surface area contributed by atoms with Crippen LogP contribution in [0.4, 0.5) is 0 Å². The van der Waals surface area contributed by atoms with Crippen LogP contribution in [0, 0.1) is 5.41 Å². The van der Waals surface area contributed by atoms with E-state index in [-0.39, 0.29) is 21.9 Å². The molecule has 0 heterocycles. The zero-order valence-electron chi connectivity index (χ0n) is 15.6. The number of aliphatic hydroxyl groups is 1. The van der Waals surface area contributed by atoms with Crippen LogP contribution in [0.3, 0.4) is 0 Å². The molecule has 1 saturated carbocycles. The molecule has 7 heteroatoms. The van der Waals surface area contributed by atoms with E-state index in [0.717, 1.165) is 37.7 Å². The summed E-state index contributed by atoms with van der Waals surface area (Å²) in [6.07, 6.45) is 5.65. The summed E-state index contributed by atoms with van der Waals surface area (Å²) < 4.78 is 28.3. The second-order valence-electron chi connectivity index (χ2n) is 7.57. The molecule has 2 aromatic rings. The van der Waals surface area contributed by atoms with Gasteiger partial charge in [0.15, 0.2) is 0 Å². The molecule has 2 N–H and O–H groups in total. The molecule has 0 amide bonds. The molecule has 1 aliphatic rings. The average molecular weight is 442 g/mol. The number of rotatable bonds is 8. The maximum absolute atomic E-state index is 12.8. The van der Waals surface area contributed by atoms with Gasteiger partial charge in [-0.25, -0.2) is 13.1 Å². The summed E-state index contributed by atoms with van der Waals surface area (Å²) in [4.78, 5) is 0.0556. The standard InChI is InChI=1S/C21H25Cl2NO3S/c22-18-7-8-20(19(23)13-18)28(26,27)24-15-21(10-1-2-11-21)14-17-5-3-16(4-6-17)9-12-25/h3-8,13,24-25H,1-2,9-12,14-15H2. The van der Waals surface area contributed by atoms with Crippen LogP contribution in [0.15, 0.2) is 47.4 Å². The normalized spacial score (nSPS) is 16.4. The molecule has 0 spiro atoms. The fourth-order valence-electron chi connectivity index (χ4n) is 3.95. The highest BCUT2D eigenvalue weighted by Crippen LogP contribution is 2.41. The van der Waals surface area contributed by atoms with Gasteiger partial charge in [0.05, 0.1) is 5.02 Å². The van der Waals surface area contributed by atoms with Crippen molar-refractivity contribution in [1.82, 2.24) is 4.72 Å². The number of aliphatic hydroxyl groups excluding tert-OH is 1. The second-order valence-corrected chi connectivity index (χ2v) is 10.2. The molecule has 0 saturated heterocycles. The van der Waals surface area contributed by atoms with E-state index in [9.17, 15) is 8.42 Å². The molecule has 0 unspecified atom stereocenters. The summed E-state index contributed by atoms with van der Waals surface area (Å²) in [7, 11) is -3.71. The minimum absolute atomic E-state index is 0.0556. The number of nitrogens with one attached hydrogen (secondary N) is 1. The maximum atomic E-state index is 12.8. The van der Waals surface area contributed by atoms with Crippen LogP contribution in [-0.4, -0.2) is 26.7 Å². The summed E-state index contributed by atoms with van der Waals surface area (Å²) in [6.45, 7) is 0.519. The first kappa shape index (κ1) is 21.6. The molecule has 1 aliphatic carbocycles. The number of sulfonamides is 1. The van der Waals surface area contributed by atoms with Gasteiger partial charge in [-0.3, -0.25) is 0 Å². The second kappa shape index (κ2) is 9.14. The Kier molecular flexibility index (Phi) is 7.05. The van der Waals surface area contributed by atoms with E-state index in [0.29, 0.717) is 18.0 Å². The molecule has 152 valence electrons. The van der Waals surface area contributed by atoms with Gasteiger partial charge in [-0.1, -0.05) is 60.3 Å². The van der Waals surface area contributed by atoms with Crippen LogP contribution in [-0.2, 0) is 22.9 Å². The zero-order valence-corrected chi connectivity index (χ0v) is 18.0. The Bertz CT molecular complexity index is 908. The first-order valence-corrected chi connectivity index (χ1v) is 11.7. The molecule has 0 bridgehead atoms. The van der Waals surface area contributed by atoms with E-state index in [2.05, 4.69) is 16.9 Å². The number of benzene rings is 2. The van der Waals surface area contributed by atoms with Crippen molar-refractivity contribution in [2.75, 3.05) is 13.2 Å². The van der Waals surface area contributed by atoms with E-state index in [1.165, 1.54) is 23.8 Å². The molecule has 0 aromatic heterocycles. The summed E-state index contributed by atoms with van der Waals surface area (Å²) in [5.41, 5.74) is 2.20. The van der Waals surface area contributed by atoms with E-state index in [4.69, 9.17) is 28.3 Å². The molecular formula is C21H25Cl2NO3S. The van der Waals surface area contributed by atoms with Crippen molar-refractivity contribution in [3.8, 4) is 0 Å². The minimum atomic E-state index is -3.71. The van der Waals surface area contributed by atoms with E-state index < -0.39 is 10.0 Å². The van der Waals surface area contributed by atoms with E-state index in [1.54, 1.807) is 0 Å². The van der Waals surface area contributed by atoms with Crippen LogP contribution < -0.4 is 4.72 Å². The highest BCUT2D eigenvalue weighted by atomic mass is 35.5. The highest BCUT2D eigenvalue weighted by Gasteiger charge is 2.35. The predicted octanol–water partition coefficient (Wildman–Crippen LogP) is 4.61. The lowest BCUT2D eigenvalue weighted by Gasteiger charge is -2.29. The monoisotopic (exact) mass is 441 g/mol. The van der Waals surface area contributed by atoms with Crippen molar-refractivity contribution in [2.24, 2.45) is 5.41 Å². The van der Waals surface area contributed by atoms with Gasteiger partial charge in [-0.05, 0) is 60.4 Å². The van der Waals surface area contributed by atoms with Gasteiger partial charge in [0.2, 0.25) is 10.0 Å². The van der Waals surface area contributed by atoms with Crippen LogP contribution in [0.2, 0.25) is 10.0 Å². The smallest absolute Gasteiger partial charge is 0.242 e. The largest absolute Gasteiger partial charge is 0.396 e. The lowest BCUT2D eigenvalue weighted by molar-refractivity contribution is 0.294. The molecule has 0 radical (unpaired) electrons. The Balaban J connectivity index is 1.73. The minimum Gasteiger partial charge on any atom is -0.396 e. The summed E-state index contributed by atoms with van der Waals surface area (Å²) in [5.74, 6) is 0. The SMILES string of the molecule is O=S(=O)(NCC1(Cc2ccc(CCO)cc2)CCCC1)c1ccc(Cl)cc1Cl. The number of hydrogen-bond acceptors (Lipinski definition) is 3. The molecule has 0 aliphatic heterocycles. The zero-order chi connectivity index (χ0) is 20.2. The first-order valence-electron chi connectivity index (χ1n) is 9.47. The number of halogens is 2. The van der Waals surface area contributed by atoms with E-state index in [1.807, 2.05) is 12.1 Å². The van der Waals surface area contributed by atoms with Crippen LogP contribution in [0.1, 0.15) is 36.8 Å². The Hall–Kier alpha value is -1.11. The third-order valence-electron chi connectivity index (χ3n) is 5.49.